The Morgan fingerprint density at radius 3 is 2.14 bits per heavy atom. The first kappa shape index (κ1) is 9.16. The van der Waals surface area contributed by atoms with Crippen molar-refractivity contribution in [1.29, 1.82) is 0 Å². The standard InChI is InChI=1S/C10H16NO2S/c11-14(12,13)10-4-7-1-8(5-10)3-9(2-7)6-10/h1,7-9H,2-6H2,(H2,11,12,13). The van der Waals surface area contributed by atoms with Crippen LogP contribution >= 0.6 is 0 Å². The average molecular weight is 214 g/mol. The highest BCUT2D eigenvalue weighted by atomic mass is 32.2. The maximum Gasteiger partial charge on any atom is 0.214 e. The molecule has 0 heterocycles. The number of primary sulfonamides is 1. The lowest BCUT2D eigenvalue weighted by Crippen LogP contribution is -2.57. The van der Waals surface area contributed by atoms with Crippen LogP contribution in [0.2, 0.25) is 0 Å². The Bertz CT molecular complexity index is 325. The minimum atomic E-state index is -3.34. The highest BCUT2D eigenvalue weighted by molar-refractivity contribution is 7.90. The monoisotopic (exact) mass is 214 g/mol. The largest absolute Gasteiger partial charge is 0.228 e. The molecule has 0 spiro atoms. The fourth-order valence-electron chi connectivity index (χ4n) is 4.04. The summed E-state index contributed by atoms with van der Waals surface area (Å²) in [7, 11) is -3.34. The second kappa shape index (κ2) is 2.53. The molecule has 4 aliphatic rings. The minimum absolute atomic E-state index is 0.527. The Kier molecular flexibility index (Phi) is 1.65. The van der Waals surface area contributed by atoms with Gasteiger partial charge in [0.25, 0.3) is 0 Å². The van der Waals surface area contributed by atoms with Gasteiger partial charge >= 0.3 is 0 Å². The highest BCUT2D eigenvalue weighted by Gasteiger charge is 2.56. The summed E-state index contributed by atoms with van der Waals surface area (Å²) in [6.45, 7) is 0. The van der Waals surface area contributed by atoms with Gasteiger partial charge in [-0.15, -0.1) is 0 Å². The molecule has 0 saturated heterocycles. The molecule has 14 heavy (non-hydrogen) atoms. The van der Waals surface area contributed by atoms with Crippen molar-refractivity contribution in [3.63, 3.8) is 0 Å². The van der Waals surface area contributed by atoms with E-state index in [0.29, 0.717) is 17.8 Å². The van der Waals surface area contributed by atoms with Crippen LogP contribution in [0.1, 0.15) is 32.1 Å². The predicted octanol–water partition coefficient (Wildman–Crippen LogP) is 1.06. The van der Waals surface area contributed by atoms with E-state index in [1.54, 1.807) is 0 Å². The van der Waals surface area contributed by atoms with Gasteiger partial charge in [-0.1, -0.05) is 0 Å². The van der Waals surface area contributed by atoms with Crippen LogP contribution in [0.15, 0.2) is 0 Å². The molecule has 4 rings (SSSR count). The van der Waals surface area contributed by atoms with Gasteiger partial charge in [0, 0.05) is 0 Å². The Morgan fingerprint density at radius 2 is 1.71 bits per heavy atom. The van der Waals surface area contributed by atoms with Gasteiger partial charge in [0.05, 0.1) is 4.75 Å². The second-order valence-corrected chi connectivity index (χ2v) is 7.35. The zero-order chi connectivity index (χ0) is 9.97. The van der Waals surface area contributed by atoms with Crippen LogP contribution in [-0.2, 0) is 10.0 Å². The van der Waals surface area contributed by atoms with Crippen molar-refractivity contribution in [3.05, 3.63) is 6.42 Å². The number of sulfonamides is 1. The number of nitrogens with two attached hydrogens (primary N) is 1. The van der Waals surface area contributed by atoms with Gasteiger partial charge in [-0.25, -0.2) is 13.6 Å². The van der Waals surface area contributed by atoms with E-state index in [0.717, 1.165) is 19.3 Å². The van der Waals surface area contributed by atoms with Gasteiger partial charge in [-0.3, -0.25) is 0 Å². The topological polar surface area (TPSA) is 60.2 Å². The molecule has 0 aromatic rings. The lowest BCUT2D eigenvalue weighted by molar-refractivity contribution is 0.0802. The van der Waals surface area contributed by atoms with Crippen LogP contribution in [0.3, 0.4) is 0 Å². The third-order valence-electron chi connectivity index (χ3n) is 4.35. The first-order chi connectivity index (χ1) is 6.48. The molecule has 2 atom stereocenters. The first-order valence-corrected chi connectivity index (χ1v) is 6.90. The molecule has 2 unspecified atom stereocenters. The van der Waals surface area contributed by atoms with Crippen molar-refractivity contribution >= 4 is 10.0 Å². The van der Waals surface area contributed by atoms with Crippen molar-refractivity contribution < 1.29 is 8.42 Å². The van der Waals surface area contributed by atoms with Crippen molar-refractivity contribution in [2.75, 3.05) is 0 Å². The summed E-state index contributed by atoms with van der Waals surface area (Å²) < 4.78 is 22.8. The molecule has 1 radical (unpaired) electrons. The van der Waals surface area contributed by atoms with Crippen LogP contribution in [0.5, 0.6) is 0 Å². The van der Waals surface area contributed by atoms with E-state index in [2.05, 4.69) is 6.42 Å². The molecule has 4 saturated carbocycles. The van der Waals surface area contributed by atoms with Crippen LogP contribution < -0.4 is 5.14 Å². The van der Waals surface area contributed by atoms with Gasteiger partial charge in [0.1, 0.15) is 0 Å². The Morgan fingerprint density at radius 1 is 1.14 bits per heavy atom. The molecule has 3 nitrogen and oxygen atoms in total. The van der Waals surface area contributed by atoms with Crippen LogP contribution in [0.25, 0.3) is 0 Å². The summed E-state index contributed by atoms with van der Waals surface area (Å²) in [4.78, 5) is 0. The van der Waals surface area contributed by atoms with Gasteiger partial charge in [-0.2, -0.15) is 0 Å². The van der Waals surface area contributed by atoms with E-state index in [1.807, 2.05) is 0 Å². The normalized spacial score (nSPS) is 51.1. The fourth-order valence-corrected chi connectivity index (χ4v) is 5.40. The minimum Gasteiger partial charge on any atom is -0.228 e. The molecule has 79 valence electrons. The number of hydrogen-bond acceptors (Lipinski definition) is 2. The van der Waals surface area contributed by atoms with Crippen LogP contribution in [0.4, 0.5) is 0 Å². The molecule has 4 heteroatoms. The molecule has 0 aliphatic heterocycles. The average Bonchev–Trinajstić information content (AvgIpc) is 1.98. The predicted molar refractivity (Wildman–Crippen MR) is 53.7 cm³/mol. The Balaban J connectivity index is 2.03. The second-order valence-electron chi connectivity index (χ2n) is 5.39. The number of hydrogen-bond donors (Lipinski definition) is 1. The third kappa shape index (κ3) is 1.10. The lowest BCUT2D eigenvalue weighted by Gasteiger charge is -2.55. The van der Waals surface area contributed by atoms with Crippen molar-refractivity contribution in [2.24, 2.45) is 22.9 Å². The molecule has 4 aliphatic carbocycles. The maximum absolute atomic E-state index is 11.6. The van der Waals surface area contributed by atoms with E-state index >= 15 is 0 Å². The molecule has 0 aromatic carbocycles. The van der Waals surface area contributed by atoms with Crippen LogP contribution in [-0.4, -0.2) is 13.2 Å². The number of rotatable bonds is 1. The van der Waals surface area contributed by atoms with E-state index < -0.39 is 14.8 Å². The zero-order valence-corrected chi connectivity index (χ0v) is 8.96. The van der Waals surface area contributed by atoms with Gasteiger partial charge < -0.3 is 0 Å². The van der Waals surface area contributed by atoms with Crippen molar-refractivity contribution in [3.8, 4) is 0 Å². The smallest absolute Gasteiger partial charge is 0.214 e. The Hall–Kier alpha value is -0.0900. The van der Waals surface area contributed by atoms with E-state index in [1.165, 1.54) is 12.8 Å². The van der Waals surface area contributed by atoms with Gasteiger partial charge in [0.15, 0.2) is 0 Å². The Labute approximate surface area is 85.1 Å². The van der Waals surface area contributed by atoms with Gasteiger partial charge in [0.2, 0.25) is 10.0 Å². The lowest BCUT2D eigenvalue weighted by atomic mass is 9.56. The zero-order valence-electron chi connectivity index (χ0n) is 8.15. The third-order valence-corrected chi connectivity index (χ3v) is 6.06. The van der Waals surface area contributed by atoms with Crippen molar-refractivity contribution in [1.82, 2.24) is 0 Å². The van der Waals surface area contributed by atoms with E-state index in [-0.39, 0.29) is 0 Å². The quantitative estimate of drug-likeness (QED) is 0.709. The molecule has 0 aromatic heterocycles. The molecule has 4 bridgehead atoms. The van der Waals surface area contributed by atoms with Crippen LogP contribution in [0, 0.1) is 24.2 Å². The van der Waals surface area contributed by atoms with Gasteiger partial charge in [-0.05, 0) is 56.3 Å². The van der Waals surface area contributed by atoms with E-state index in [9.17, 15) is 8.42 Å². The highest BCUT2D eigenvalue weighted by Crippen LogP contribution is 2.57. The molecule has 2 N–H and O–H groups in total. The SMILES string of the molecule is NS(=O)(=O)C12CC3[CH]C(CC(C3)C1)C2. The summed E-state index contributed by atoms with van der Waals surface area (Å²) in [5.41, 5.74) is 0. The molecular formula is C10H16NO2S. The maximum atomic E-state index is 11.6. The van der Waals surface area contributed by atoms with E-state index in [4.69, 9.17) is 5.14 Å². The first-order valence-electron chi connectivity index (χ1n) is 5.36. The molecule has 4 fully saturated rings. The summed E-state index contributed by atoms with van der Waals surface area (Å²) in [6, 6.07) is 0. The fraction of sp³-hybridized carbons (Fsp3) is 0.900. The van der Waals surface area contributed by atoms with Crippen molar-refractivity contribution in [2.45, 2.75) is 36.9 Å². The molecule has 0 amide bonds. The summed E-state index contributed by atoms with van der Waals surface area (Å²) >= 11 is 0. The summed E-state index contributed by atoms with van der Waals surface area (Å²) in [6.07, 6.45) is 7.19. The summed E-state index contributed by atoms with van der Waals surface area (Å²) in [5, 5.41) is 5.39. The molecular weight excluding hydrogens is 198 g/mol. The summed E-state index contributed by atoms with van der Waals surface area (Å²) in [5.74, 6) is 1.68.